The van der Waals surface area contributed by atoms with Crippen LogP contribution in [0.1, 0.15) is 38.2 Å². The number of nitrogens with two attached hydrogens (primary N) is 1. The van der Waals surface area contributed by atoms with Crippen molar-refractivity contribution in [1.29, 1.82) is 0 Å². The van der Waals surface area contributed by atoms with E-state index >= 15 is 0 Å². The Morgan fingerprint density at radius 3 is 2.55 bits per heavy atom. The van der Waals surface area contributed by atoms with Gasteiger partial charge in [-0.25, -0.2) is 4.99 Å². The van der Waals surface area contributed by atoms with Gasteiger partial charge in [-0.2, -0.15) is 4.73 Å². The van der Waals surface area contributed by atoms with Crippen molar-refractivity contribution in [3.8, 4) is 16.9 Å². The maximum Gasteiger partial charge on any atom is 0.261 e. The number of guanidine groups is 1. The lowest BCUT2D eigenvalue weighted by molar-refractivity contribution is -0.604. The number of hydrogen-bond donors (Lipinski definition) is 1. The number of para-hydroxylation sites is 1. The van der Waals surface area contributed by atoms with Gasteiger partial charge in [0.25, 0.3) is 5.91 Å². The third-order valence-electron chi connectivity index (χ3n) is 7.68. The van der Waals surface area contributed by atoms with Gasteiger partial charge in [0.2, 0.25) is 0 Å². The third-order valence-corrected chi connectivity index (χ3v) is 7.68. The minimum absolute atomic E-state index is 0.0194. The van der Waals surface area contributed by atoms with Gasteiger partial charge in [-0.3, -0.25) is 14.5 Å². The van der Waals surface area contributed by atoms with Crippen molar-refractivity contribution >= 4 is 17.6 Å². The smallest absolute Gasteiger partial charge is 0.261 e. The molecule has 2 N–H and O–H groups in total. The van der Waals surface area contributed by atoms with Crippen LogP contribution in [0, 0.1) is 17.0 Å². The SMILES string of the molecule is CC1(c2cccc(-c3ccc[n+]([O-])c3)c2)N=C(N)N(CC2CCC(C(=O)COc3ccccc3)CC2)C1=O. The molecule has 8 heteroatoms. The Labute approximate surface area is 222 Å². The van der Waals surface area contributed by atoms with Crippen LogP contribution in [0.2, 0.25) is 0 Å². The number of pyridine rings is 1. The second kappa shape index (κ2) is 10.7. The summed E-state index contributed by atoms with van der Waals surface area (Å²) < 4.78 is 6.39. The monoisotopic (exact) mass is 512 g/mol. The second-order valence-corrected chi connectivity index (χ2v) is 10.3. The molecule has 1 aliphatic carbocycles. The van der Waals surface area contributed by atoms with E-state index in [1.54, 1.807) is 17.9 Å². The molecule has 0 saturated heterocycles. The van der Waals surface area contributed by atoms with Crippen LogP contribution in [0.3, 0.4) is 0 Å². The highest BCUT2D eigenvalue weighted by Gasteiger charge is 2.46. The molecule has 2 aromatic carbocycles. The number of benzene rings is 2. The van der Waals surface area contributed by atoms with Crippen molar-refractivity contribution < 1.29 is 19.1 Å². The minimum Gasteiger partial charge on any atom is -0.619 e. The molecule has 0 spiro atoms. The van der Waals surface area contributed by atoms with Crippen LogP contribution in [0.25, 0.3) is 11.1 Å². The topological polar surface area (TPSA) is 112 Å². The summed E-state index contributed by atoms with van der Waals surface area (Å²) in [5.41, 5.74) is 7.45. The quantitative estimate of drug-likeness (QED) is 0.364. The molecule has 8 nitrogen and oxygen atoms in total. The first-order valence-corrected chi connectivity index (χ1v) is 13.0. The summed E-state index contributed by atoms with van der Waals surface area (Å²) >= 11 is 0. The zero-order valence-corrected chi connectivity index (χ0v) is 21.5. The molecule has 0 bridgehead atoms. The second-order valence-electron chi connectivity index (χ2n) is 10.3. The summed E-state index contributed by atoms with van der Waals surface area (Å²) in [6.45, 7) is 2.35. The van der Waals surface area contributed by atoms with Crippen molar-refractivity contribution in [3.05, 3.63) is 89.9 Å². The van der Waals surface area contributed by atoms with E-state index in [9.17, 15) is 14.8 Å². The van der Waals surface area contributed by atoms with Crippen molar-refractivity contribution in [1.82, 2.24) is 4.90 Å². The maximum atomic E-state index is 13.6. The van der Waals surface area contributed by atoms with Gasteiger partial charge in [-0.15, -0.1) is 0 Å². The standard InChI is InChI=1S/C30H32N4O4/c1-30(25-9-5-7-23(17-25)24-8-6-16-33(37)19-24)28(36)34(29(31)32-30)18-21-12-14-22(15-13-21)27(35)20-38-26-10-3-2-4-11-26/h2-11,16-17,19,21-22H,12-15,18,20H2,1H3,(H2,31,32). The molecule has 1 unspecified atom stereocenters. The Kier molecular flexibility index (Phi) is 7.13. The van der Waals surface area contributed by atoms with Crippen LogP contribution in [-0.2, 0) is 15.1 Å². The fourth-order valence-electron chi connectivity index (χ4n) is 5.41. The molecular weight excluding hydrogens is 480 g/mol. The summed E-state index contributed by atoms with van der Waals surface area (Å²) in [6.07, 6.45) is 6.16. The Bertz CT molecular complexity index is 1350. The Balaban J connectivity index is 1.20. The van der Waals surface area contributed by atoms with Gasteiger partial charge in [0, 0.05) is 24.1 Å². The van der Waals surface area contributed by atoms with E-state index in [-0.39, 0.29) is 36.1 Å². The molecule has 1 atom stereocenters. The summed E-state index contributed by atoms with van der Waals surface area (Å²) in [7, 11) is 0. The van der Waals surface area contributed by atoms with E-state index in [4.69, 9.17) is 10.5 Å². The molecule has 2 heterocycles. The Morgan fingerprint density at radius 1 is 1.08 bits per heavy atom. The first kappa shape index (κ1) is 25.4. The zero-order chi connectivity index (χ0) is 26.7. The lowest BCUT2D eigenvalue weighted by atomic mass is 9.80. The zero-order valence-electron chi connectivity index (χ0n) is 21.5. The van der Waals surface area contributed by atoms with Crippen molar-refractivity contribution in [3.63, 3.8) is 0 Å². The van der Waals surface area contributed by atoms with Crippen LogP contribution in [0.15, 0.2) is 84.1 Å². The van der Waals surface area contributed by atoms with Crippen molar-refractivity contribution in [2.75, 3.05) is 13.2 Å². The van der Waals surface area contributed by atoms with E-state index in [0.717, 1.165) is 47.1 Å². The predicted molar refractivity (Wildman–Crippen MR) is 144 cm³/mol. The number of ketones is 1. The largest absolute Gasteiger partial charge is 0.619 e. The van der Waals surface area contributed by atoms with Gasteiger partial charge < -0.3 is 15.7 Å². The summed E-state index contributed by atoms with van der Waals surface area (Å²) in [5, 5.41) is 11.7. The molecule has 1 aromatic heterocycles. The molecule has 1 amide bonds. The molecule has 196 valence electrons. The highest BCUT2D eigenvalue weighted by molar-refractivity contribution is 6.07. The molecular formula is C30H32N4O4. The summed E-state index contributed by atoms with van der Waals surface area (Å²) in [6, 6.07) is 20.4. The molecule has 38 heavy (non-hydrogen) atoms. The molecule has 1 fully saturated rings. The normalized spacial score (nSPS) is 23.2. The average Bonchev–Trinajstić information content (AvgIpc) is 3.16. The van der Waals surface area contributed by atoms with Gasteiger partial charge in [-0.05, 0) is 73.9 Å². The van der Waals surface area contributed by atoms with Crippen LogP contribution < -0.4 is 15.2 Å². The highest BCUT2D eigenvalue weighted by atomic mass is 16.5. The van der Waals surface area contributed by atoms with Crippen molar-refractivity contribution in [2.45, 2.75) is 38.1 Å². The molecule has 2 aliphatic rings. The number of Topliss-reactive ketones (excluding diaryl/α,β-unsaturated/α-hetero) is 1. The number of aliphatic imine (C=N–C) groups is 1. The van der Waals surface area contributed by atoms with Crippen LogP contribution in [0.5, 0.6) is 5.75 Å². The lowest BCUT2D eigenvalue weighted by Gasteiger charge is -2.31. The molecule has 0 radical (unpaired) electrons. The van der Waals surface area contributed by atoms with Crippen LogP contribution >= 0.6 is 0 Å². The number of carbonyl (C=O) groups is 2. The van der Waals surface area contributed by atoms with Gasteiger partial charge in [0.1, 0.15) is 12.4 Å². The first-order chi connectivity index (χ1) is 18.3. The third kappa shape index (κ3) is 5.25. The number of carbonyl (C=O) groups excluding carboxylic acids is 2. The summed E-state index contributed by atoms with van der Waals surface area (Å²) in [5.74, 6) is 1.11. The van der Waals surface area contributed by atoms with Crippen LogP contribution in [0.4, 0.5) is 0 Å². The molecule has 5 rings (SSSR count). The lowest BCUT2D eigenvalue weighted by Crippen LogP contribution is -2.45. The number of aromatic nitrogens is 1. The van der Waals surface area contributed by atoms with E-state index in [1.165, 1.54) is 12.4 Å². The van der Waals surface area contributed by atoms with E-state index in [2.05, 4.69) is 4.99 Å². The molecule has 3 aromatic rings. The van der Waals surface area contributed by atoms with E-state index < -0.39 is 5.54 Å². The maximum absolute atomic E-state index is 13.6. The number of rotatable bonds is 8. The number of ether oxygens (including phenoxy) is 1. The van der Waals surface area contributed by atoms with Gasteiger partial charge in [0.15, 0.2) is 29.7 Å². The summed E-state index contributed by atoms with van der Waals surface area (Å²) in [4.78, 5) is 32.5. The highest BCUT2D eigenvalue weighted by Crippen LogP contribution is 2.37. The Hall–Kier alpha value is -4.20. The van der Waals surface area contributed by atoms with Gasteiger partial charge in [-0.1, -0.05) is 36.4 Å². The number of amides is 1. The van der Waals surface area contributed by atoms with E-state index in [1.807, 2.05) is 60.7 Å². The van der Waals surface area contributed by atoms with Gasteiger partial charge >= 0.3 is 0 Å². The van der Waals surface area contributed by atoms with Crippen LogP contribution in [-0.4, -0.2) is 35.7 Å². The fraction of sp³-hybridized carbons (Fsp3) is 0.333. The minimum atomic E-state index is -1.13. The van der Waals surface area contributed by atoms with Crippen molar-refractivity contribution in [2.24, 2.45) is 22.6 Å². The molecule has 1 aliphatic heterocycles. The number of hydrogen-bond acceptors (Lipinski definition) is 6. The first-order valence-electron chi connectivity index (χ1n) is 13.0. The predicted octanol–water partition coefficient (Wildman–Crippen LogP) is 3.81. The van der Waals surface area contributed by atoms with Gasteiger partial charge in [0.05, 0.1) is 0 Å². The Morgan fingerprint density at radius 2 is 1.82 bits per heavy atom. The average molecular weight is 513 g/mol. The van der Waals surface area contributed by atoms with E-state index in [0.29, 0.717) is 12.3 Å². The molecule has 1 saturated carbocycles. The number of nitrogens with zero attached hydrogens (tertiary/aromatic N) is 3. The fourth-order valence-corrected chi connectivity index (χ4v) is 5.41.